The quantitative estimate of drug-likeness (QED) is 0.833. The lowest BCUT2D eigenvalue weighted by Crippen LogP contribution is -2.29. The summed E-state index contributed by atoms with van der Waals surface area (Å²) in [6, 6.07) is 0.354. The van der Waals surface area contributed by atoms with E-state index in [4.69, 9.17) is 5.11 Å². The summed E-state index contributed by atoms with van der Waals surface area (Å²) in [5, 5.41) is 14.9. The summed E-state index contributed by atoms with van der Waals surface area (Å²) in [5.41, 5.74) is -0.317. The highest BCUT2D eigenvalue weighted by molar-refractivity contribution is 7.13. The first kappa shape index (κ1) is 13.0. The molecular formula is C11H18N2O2S. The maximum Gasteiger partial charge on any atom is 0.315 e. The molecule has 0 aliphatic heterocycles. The van der Waals surface area contributed by atoms with E-state index in [1.165, 1.54) is 11.3 Å². The van der Waals surface area contributed by atoms with Gasteiger partial charge in [0.05, 0.1) is 5.69 Å². The zero-order valence-electron chi connectivity index (χ0n) is 10.1. The predicted octanol–water partition coefficient (Wildman–Crippen LogP) is 2.72. The Bertz CT molecular complexity index is 374. The second kappa shape index (κ2) is 4.82. The van der Waals surface area contributed by atoms with E-state index in [2.05, 4.69) is 24.1 Å². The summed E-state index contributed by atoms with van der Waals surface area (Å²) in [6.45, 7) is 7.49. The molecule has 0 aromatic carbocycles. The van der Waals surface area contributed by atoms with Gasteiger partial charge in [0.15, 0.2) is 5.13 Å². The number of aromatic nitrogens is 1. The maximum absolute atomic E-state index is 11.1. The molecule has 16 heavy (non-hydrogen) atoms. The summed E-state index contributed by atoms with van der Waals surface area (Å²) >= 11 is 1.45. The molecule has 0 saturated carbocycles. The van der Waals surface area contributed by atoms with Crippen LogP contribution in [0, 0.1) is 0 Å². The predicted molar refractivity (Wildman–Crippen MR) is 66.2 cm³/mol. The standard InChI is InChI=1S/C11H18N2O2S/c1-5-7(2)12-10-13-8(6-16-10)11(3,4)9(14)15/h6-7H,5H2,1-4H3,(H,12,13)(H,14,15). The van der Waals surface area contributed by atoms with Crippen LogP contribution >= 0.6 is 11.3 Å². The lowest BCUT2D eigenvalue weighted by atomic mass is 9.90. The van der Waals surface area contributed by atoms with Crippen molar-refractivity contribution in [1.82, 2.24) is 4.98 Å². The monoisotopic (exact) mass is 242 g/mol. The molecule has 90 valence electrons. The molecule has 1 unspecified atom stereocenters. The fourth-order valence-electron chi connectivity index (χ4n) is 1.05. The third-order valence-electron chi connectivity index (χ3n) is 2.66. The van der Waals surface area contributed by atoms with Gasteiger partial charge >= 0.3 is 5.97 Å². The molecule has 1 aromatic rings. The lowest BCUT2D eigenvalue weighted by Gasteiger charge is -2.16. The molecule has 0 radical (unpaired) electrons. The van der Waals surface area contributed by atoms with Crippen LogP contribution in [0.5, 0.6) is 0 Å². The van der Waals surface area contributed by atoms with E-state index in [0.717, 1.165) is 11.6 Å². The van der Waals surface area contributed by atoms with Crippen LogP contribution in [0.25, 0.3) is 0 Å². The van der Waals surface area contributed by atoms with E-state index in [0.29, 0.717) is 11.7 Å². The van der Waals surface area contributed by atoms with Crippen molar-refractivity contribution in [2.24, 2.45) is 0 Å². The van der Waals surface area contributed by atoms with Crippen LogP contribution in [-0.2, 0) is 10.2 Å². The number of nitrogens with one attached hydrogen (secondary N) is 1. The van der Waals surface area contributed by atoms with E-state index in [1.54, 1.807) is 19.2 Å². The van der Waals surface area contributed by atoms with Gasteiger partial charge in [0.1, 0.15) is 5.41 Å². The minimum atomic E-state index is -0.925. The second-order valence-electron chi connectivity index (χ2n) is 4.42. The van der Waals surface area contributed by atoms with Gasteiger partial charge < -0.3 is 10.4 Å². The van der Waals surface area contributed by atoms with Crippen LogP contribution in [0.15, 0.2) is 5.38 Å². The van der Waals surface area contributed by atoms with Crippen LogP contribution in [0.2, 0.25) is 0 Å². The summed E-state index contributed by atoms with van der Waals surface area (Å²) in [4.78, 5) is 15.4. The van der Waals surface area contributed by atoms with Gasteiger partial charge in [-0.15, -0.1) is 11.3 Å². The number of rotatable bonds is 5. The Labute approximate surface area is 99.7 Å². The van der Waals surface area contributed by atoms with Crippen LogP contribution in [0.3, 0.4) is 0 Å². The Balaban J connectivity index is 2.83. The summed E-state index contributed by atoms with van der Waals surface area (Å²) in [6.07, 6.45) is 1.01. The van der Waals surface area contributed by atoms with E-state index < -0.39 is 11.4 Å². The first-order valence-electron chi connectivity index (χ1n) is 5.33. The highest BCUT2D eigenvalue weighted by Crippen LogP contribution is 2.27. The molecule has 1 aromatic heterocycles. The Kier molecular flexibility index (Phi) is 3.91. The normalized spacial score (nSPS) is 13.5. The number of nitrogens with zero attached hydrogens (tertiary/aromatic N) is 1. The Morgan fingerprint density at radius 3 is 2.81 bits per heavy atom. The topological polar surface area (TPSA) is 62.2 Å². The molecule has 1 atom stereocenters. The zero-order chi connectivity index (χ0) is 12.3. The molecule has 1 heterocycles. The average Bonchev–Trinajstić information content (AvgIpc) is 2.66. The molecule has 0 bridgehead atoms. The molecule has 0 spiro atoms. The minimum Gasteiger partial charge on any atom is -0.481 e. The number of carbonyl (C=O) groups is 1. The summed E-state index contributed by atoms with van der Waals surface area (Å²) in [5.74, 6) is -0.854. The Morgan fingerprint density at radius 1 is 1.69 bits per heavy atom. The lowest BCUT2D eigenvalue weighted by molar-refractivity contribution is -0.142. The van der Waals surface area contributed by atoms with E-state index in [-0.39, 0.29) is 0 Å². The van der Waals surface area contributed by atoms with Gasteiger partial charge in [-0.3, -0.25) is 4.79 Å². The number of carboxylic acid groups (broad SMARTS) is 1. The van der Waals surface area contributed by atoms with Gasteiger partial charge in [0, 0.05) is 11.4 Å². The fourth-order valence-corrected chi connectivity index (χ4v) is 2.04. The molecule has 0 amide bonds. The third kappa shape index (κ3) is 2.72. The smallest absolute Gasteiger partial charge is 0.315 e. The van der Waals surface area contributed by atoms with Crippen molar-refractivity contribution in [3.8, 4) is 0 Å². The molecule has 5 heteroatoms. The number of aliphatic carboxylic acids is 1. The van der Waals surface area contributed by atoms with Gasteiger partial charge in [-0.1, -0.05) is 6.92 Å². The van der Waals surface area contributed by atoms with Gasteiger partial charge in [-0.25, -0.2) is 4.98 Å². The largest absolute Gasteiger partial charge is 0.481 e. The van der Waals surface area contributed by atoms with Gasteiger partial charge in [-0.2, -0.15) is 0 Å². The van der Waals surface area contributed by atoms with Crippen molar-refractivity contribution < 1.29 is 9.90 Å². The van der Waals surface area contributed by atoms with E-state index >= 15 is 0 Å². The summed E-state index contributed by atoms with van der Waals surface area (Å²) in [7, 11) is 0. The average molecular weight is 242 g/mol. The number of hydrogen-bond donors (Lipinski definition) is 2. The molecule has 2 N–H and O–H groups in total. The number of hydrogen-bond acceptors (Lipinski definition) is 4. The number of thiazole rings is 1. The van der Waals surface area contributed by atoms with Crippen molar-refractivity contribution in [3.63, 3.8) is 0 Å². The van der Waals surface area contributed by atoms with Crippen molar-refractivity contribution >= 4 is 22.4 Å². The first-order valence-corrected chi connectivity index (χ1v) is 6.21. The van der Waals surface area contributed by atoms with E-state index in [1.807, 2.05) is 0 Å². The molecule has 0 aliphatic carbocycles. The van der Waals surface area contributed by atoms with E-state index in [9.17, 15) is 4.79 Å². The third-order valence-corrected chi connectivity index (χ3v) is 3.43. The first-order chi connectivity index (χ1) is 7.37. The number of carboxylic acids is 1. The zero-order valence-corrected chi connectivity index (χ0v) is 10.9. The van der Waals surface area contributed by atoms with Crippen molar-refractivity contribution in [2.45, 2.75) is 45.6 Å². The fraction of sp³-hybridized carbons (Fsp3) is 0.636. The highest BCUT2D eigenvalue weighted by atomic mass is 32.1. The molecule has 0 saturated heterocycles. The Morgan fingerprint density at radius 2 is 2.31 bits per heavy atom. The second-order valence-corrected chi connectivity index (χ2v) is 5.28. The van der Waals surface area contributed by atoms with Crippen molar-refractivity contribution in [1.29, 1.82) is 0 Å². The summed E-state index contributed by atoms with van der Waals surface area (Å²) < 4.78 is 0. The Hall–Kier alpha value is -1.10. The van der Waals surface area contributed by atoms with Gasteiger partial charge in [0.2, 0.25) is 0 Å². The van der Waals surface area contributed by atoms with Crippen molar-refractivity contribution in [3.05, 3.63) is 11.1 Å². The molecule has 1 rings (SSSR count). The van der Waals surface area contributed by atoms with Crippen LogP contribution in [-0.4, -0.2) is 22.1 Å². The van der Waals surface area contributed by atoms with Crippen LogP contribution in [0.4, 0.5) is 5.13 Å². The van der Waals surface area contributed by atoms with Crippen molar-refractivity contribution in [2.75, 3.05) is 5.32 Å². The molecule has 0 fully saturated rings. The maximum atomic E-state index is 11.1. The van der Waals surface area contributed by atoms with Gasteiger partial charge in [0.25, 0.3) is 0 Å². The molecule has 0 aliphatic rings. The number of anilines is 1. The van der Waals surface area contributed by atoms with Gasteiger partial charge in [-0.05, 0) is 27.2 Å². The minimum absolute atomic E-state index is 0.354. The molecule has 4 nitrogen and oxygen atoms in total. The molecular weight excluding hydrogens is 224 g/mol. The highest BCUT2D eigenvalue weighted by Gasteiger charge is 2.32. The van der Waals surface area contributed by atoms with Crippen LogP contribution < -0.4 is 5.32 Å². The van der Waals surface area contributed by atoms with Crippen LogP contribution in [0.1, 0.15) is 39.8 Å². The SMILES string of the molecule is CCC(C)Nc1nc(C(C)(C)C(=O)O)cs1.